The quantitative estimate of drug-likeness (QED) is 0.262. The molecule has 4 aliphatic rings. The van der Waals surface area contributed by atoms with Gasteiger partial charge in [-0.05, 0) is 63.1 Å². The van der Waals surface area contributed by atoms with E-state index in [4.69, 9.17) is 9.47 Å². The van der Waals surface area contributed by atoms with Gasteiger partial charge in [-0.1, -0.05) is 72.8 Å². The molecular weight excluding hydrogens is 610 g/mol. The van der Waals surface area contributed by atoms with Crippen LogP contribution in [0.1, 0.15) is 61.8 Å². The van der Waals surface area contributed by atoms with Crippen molar-refractivity contribution in [1.29, 1.82) is 0 Å². The minimum absolute atomic E-state index is 0.0401. The number of likely N-dealkylation sites (tertiary alicyclic amines) is 1. The van der Waals surface area contributed by atoms with Crippen LogP contribution in [-0.4, -0.2) is 77.2 Å². The van der Waals surface area contributed by atoms with E-state index in [1.807, 2.05) is 74.5 Å². The van der Waals surface area contributed by atoms with Crippen LogP contribution in [0, 0.1) is 25.7 Å². The van der Waals surface area contributed by atoms with E-state index < -0.39 is 47.7 Å². The van der Waals surface area contributed by atoms with Crippen LogP contribution >= 0.6 is 0 Å². The van der Waals surface area contributed by atoms with E-state index >= 15 is 0 Å². The molecule has 0 unspecified atom stereocenters. The van der Waals surface area contributed by atoms with Gasteiger partial charge in [0.25, 0.3) is 5.91 Å². The molecule has 10 nitrogen and oxygen atoms in total. The molecule has 2 saturated heterocycles. The van der Waals surface area contributed by atoms with Crippen molar-refractivity contribution in [2.24, 2.45) is 11.8 Å². The highest BCUT2D eigenvalue weighted by molar-refractivity contribution is 6.06. The van der Waals surface area contributed by atoms with Gasteiger partial charge in [0.05, 0.1) is 18.1 Å². The smallest absolute Gasteiger partial charge is 0.313 e. The zero-order valence-corrected chi connectivity index (χ0v) is 27.8. The van der Waals surface area contributed by atoms with Gasteiger partial charge in [-0.3, -0.25) is 19.2 Å². The molecule has 2 N–H and O–H groups in total. The highest BCUT2D eigenvalue weighted by Crippen LogP contribution is 2.53. The van der Waals surface area contributed by atoms with E-state index in [0.29, 0.717) is 31.2 Å². The molecule has 2 fully saturated rings. The lowest BCUT2D eigenvalue weighted by Gasteiger charge is -2.36. The van der Waals surface area contributed by atoms with Crippen LogP contribution < -0.4 is 10.2 Å². The highest BCUT2D eigenvalue weighted by atomic mass is 16.6. The number of esters is 1. The van der Waals surface area contributed by atoms with Crippen LogP contribution in [0.2, 0.25) is 0 Å². The number of hydrogen-bond acceptors (Lipinski definition) is 7. The third kappa shape index (κ3) is 6.07. The predicted molar refractivity (Wildman–Crippen MR) is 180 cm³/mol. The number of para-hydroxylation sites is 1. The molecule has 0 bridgehead atoms. The van der Waals surface area contributed by atoms with E-state index in [9.17, 15) is 24.3 Å². The van der Waals surface area contributed by atoms with E-state index in [1.165, 1.54) is 0 Å². The molecule has 0 radical (unpaired) electrons. The Morgan fingerprint density at radius 1 is 0.938 bits per heavy atom. The number of unbranched alkanes of at least 4 members (excludes halogenated alkanes) is 2. The van der Waals surface area contributed by atoms with Crippen LogP contribution in [0.3, 0.4) is 0 Å². The number of nitrogens with one attached hydrogen (secondary N) is 1. The average molecular weight is 656 g/mol. The number of fused-ring (bicyclic) bond motifs is 2. The zero-order valence-electron chi connectivity index (χ0n) is 27.8. The Bertz CT molecular complexity index is 1590. The number of aliphatic hydroxyl groups excluding tert-OH is 1. The summed E-state index contributed by atoms with van der Waals surface area (Å²) in [5, 5.41) is 12.4. The van der Waals surface area contributed by atoms with Crippen molar-refractivity contribution in [1.82, 2.24) is 10.2 Å². The van der Waals surface area contributed by atoms with Crippen molar-refractivity contribution in [3.05, 3.63) is 89.5 Å². The lowest BCUT2D eigenvalue weighted by Crippen LogP contribution is -2.55. The number of anilines is 1. The predicted octanol–water partition coefficient (Wildman–Crippen LogP) is 4.09. The molecule has 4 heterocycles. The van der Waals surface area contributed by atoms with Crippen LogP contribution in [0.25, 0.3) is 0 Å². The Morgan fingerprint density at radius 3 is 2.42 bits per heavy atom. The van der Waals surface area contributed by atoms with Gasteiger partial charge in [0.1, 0.15) is 23.7 Å². The number of cyclic esters (lactones) is 1. The second-order valence-corrected chi connectivity index (χ2v) is 13.3. The second kappa shape index (κ2) is 14.1. The topological polar surface area (TPSA) is 125 Å². The van der Waals surface area contributed by atoms with Crippen LogP contribution in [0.15, 0.2) is 72.8 Å². The van der Waals surface area contributed by atoms with Gasteiger partial charge in [-0.2, -0.15) is 0 Å². The summed E-state index contributed by atoms with van der Waals surface area (Å²) >= 11 is 0. The molecule has 2 aromatic carbocycles. The first-order valence-corrected chi connectivity index (χ1v) is 17.0. The first-order chi connectivity index (χ1) is 23.2. The number of hydrogen-bond donors (Lipinski definition) is 2. The van der Waals surface area contributed by atoms with Crippen molar-refractivity contribution < 1.29 is 33.8 Å². The van der Waals surface area contributed by atoms with Gasteiger partial charge in [0.2, 0.25) is 11.8 Å². The fourth-order valence-electron chi connectivity index (χ4n) is 7.95. The number of carbonyl (C=O) groups is 4. The first-order valence-electron chi connectivity index (χ1n) is 17.0. The fraction of sp³-hybridized carbons (Fsp3) is 0.474. The maximum absolute atomic E-state index is 14.8. The number of aliphatic hydroxyl groups is 1. The summed E-state index contributed by atoms with van der Waals surface area (Å²) in [5.41, 5.74) is 1.96. The molecule has 0 aromatic heterocycles. The molecule has 4 aliphatic heterocycles. The second-order valence-electron chi connectivity index (χ2n) is 13.3. The Hall–Kier alpha value is -4.28. The van der Waals surface area contributed by atoms with Gasteiger partial charge in [-0.25, -0.2) is 0 Å². The summed E-state index contributed by atoms with van der Waals surface area (Å²) in [6, 6.07) is 13.6. The zero-order chi connectivity index (χ0) is 34.0. The fourth-order valence-corrected chi connectivity index (χ4v) is 7.95. The number of rotatable bonds is 7. The highest BCUT2D eigenvalue weighted by Gasteiger charge is 2.71. The monoisotopic (exact) mass is 655 g/mol. The third-order valence-corrected chi connectivity index (χ3v) is 10.1. The molecule has 0 aliphatic carbocycles. The van der Waals surface area contributed by atoms with Crippen molar-refractivity contribution in [3.8, 4) is 0 Å². The van der Waals surface area contributed by atoms with Crippen LogP contribution in [-0.2, 0) is 28.7 Å². The average Bonchev–Trinajstić information content (AvgIpc) is 3.45. The molecule has 6 rings (SSSR count). The molecule has 2 aromatic rings. The maximum atomic E-state index is 14.8. The molecule has 0 saturated carbocycles. The summed E-state index contributed by atoms with van der Waals surface area (Å²) in [6.45, 7) is 6.33. The van der Waals surface area contributed by atoms with Gasteiger partial charge in [-0.15, -0.1) is 0 Å². The maximum Gasteiger partial charge on any atom is 0.313 e. The Kier molecular flexibility index (Phi) is 9.85. The molecule has 7 atom stereocenters. The summed E-state index contributed by atoms with van der Waals surface area (Å²) < 4.78 is 13.1. The van der Waals surface area contributed by atoms with Crippen molar-refractivity contribution >= 4 is 29.4 Å². The van der Waals surface area contributed by atoms with Crippen LogP contribution in [0.5, 0.6) is 0 Å². The van der Waals surface area contributed by atoms with E-state index in [2.05, 4.69) is 5.32 Å². The largest absolute Gasteiger partial charge is 0.455 e. The first kappa shape index (κ1) is 33.6. The SMILES string of the molecule is Cc1cccc(C)c1N1CC=C[C@]23O[C@@H]4/C=C\CCC(=O)N[C@H](C)[C@@H](c5ccccc5)OC(=O)[C@@H]4[C@H]2C(=O)N(CCCCCO)[C@@H]3C1=O. The van der Waals surface area contributed by atoms with Crippen molar-refractivity contribution in [2.45, 2.75) is 82.8 Å². The minimum Gasteiger partial charge on any atom is -0.455 e. The summed E-state index contributed by atoms with van der Waals surface area (Å²) in [5.74, 6) is -3.42. The molecule has 10 heteroatoms. The van der Waals surface area contributed by atoms with Gasteiger partial charge in [0, 0.05) is 31.8 Å². The number of allylic oxidation sites excluding steroid dienone is 1. The molecule has 1 spiro atoms. The molecule has 48 heavy (non-hydrogen) atoms. The Labute approximate surface area is 281 Å². The van der Waals surface area contributed by atoms with Gasteiger partial charge in [0.15, 0.2) is 0 Å². The third-order valence-electron chi connectivity index (χ3n) is 10.1. The van der Waals surface area contributed by atoms with E-state index in [1.54, 1.807) is 28.9 Å². The van der Waals surface area contributed by atoms with Crippen molar-refractivity contribution in [3.63, 3.8) is 0 Å². The molecule has 3 amide bonds. The molecule has 254 valence electrons. The molecular formula is C38H45N3O7. The minimum atomic E-state index is -1.42. The standard InChI is InChI=1S/C38H45N3O7/c1-24-14-12-15-25(2)32(24)40-22-13-20-38-31(35(44)41(34(38)36(40)45)21-10-5-11-23-42)30-28(48-38)18-8-9-19-29(43)39-26(3)33(47-37(30)46)27-16-6-4-7-17-27/h4,6-8,12-18,20,26,28,30-31,33-34,42H,5,9-11,19,21-23H2,1-3H3,(H,39,43)/b18-8-/t26-,28-,30+,31+,33+,34-,38+/m1/s1. The normalized spacial score (nSPS) is 31.2. The summed E-state index contributed by atoms with van der Waals surface area (Å²) in [7, 11) is 0. The Balaban J connectivity index is 1.44. The number of nitrogens with zero attached hydrogens (tertiary/aromatic N) is 2. The van der Waals surface area contributed by atoms with Gasteiger partial charge < -0.3 is 29.7 Å². The Morgan fingerprint density at radius 2 is 1.69 bits per heavy atom. The lowest BCUT2D eigenvalue weighted by molar-refractivity contribution is -0.161. The van der Waals surface area contributed by atoms with Crippen molar-refractivity contribution in [2.75, 3.05) is 24.6 Å². The summed E-state index contributed by atoms with van der Waals surface area (Å²) in [4.78, 5) is 60.1. The number of ether oxygens (including phenoxy) is 2. The lowest BCUT2D eigenvalue weighted by atomic mass is 9.77. The summed E-state index contributed by atoms with van der Waals surface area (Å²) in [6.07, 6.45) is 8.07. The van der Waals surface area contributed by atoms with Gasteiger partial charge >= 0.3 is 5.97 Å². The van der Waals surface area contributed by atoms with E-state index in [-0.39, 0.29) is 43.8 Å². The van der Waals surface area contributed by atoms with Crippen LogP contribution in [0.4, 0.5) is 5.69 Å². The van der Waals surface area contributed by atoms with E-state index in [0.717, 1.165) is 16.8 Å². The number of carbonyl (C=O) groups excluding carboxylic acids is 4. The number of amides is 3. The number of aryl methyl sites for hydroxylation is 2. The number of benzene rings is 2.